The van der Waals surface area contributed by atoms with Gasteiger partial charge >= 0.3 is 0 Å². The van der Waals surface area contributed by atoms with Gasteiger partial charge in [-0.2, -0.15) is 10.4 Å². The number of carbonyl (C=O) groups is 1. The van der Waals surface area contributed by atoms with Gasteiger partial charge < -0.3 is 9.47 Å². The number of nitrogens with zero attached hydrogens (tertiary/aromatic N) is 2. The lowest BCUT2D eigenvalue weighted by Crippen LogP contribution is -2.33. The van der Waals surface area contributed by atoms with Crippen molar-refractivity contribution in [3.8, 4) is 17.6 Å². The van der Waals surface area contributed by atoms with Crippen LogP contribution in [-0.2, 0) is 4.79 Å². The largest absolute Gasteiger partial charge is 0.481 e. The van der Waals surface area contributed by atoms with Gasteiger partial charge in [0, 0.05) is 0 Å². The van der Waals surface area contributed by atoms with Gasteiger partial charge in [0.1, 0.15) is 17.6 Å². The molecule has 0 aliphatic rings. The zero-order valence-corrected chi connectivity index (χ0v) is 15.0. The van der Waals surface area contributed by atoms with E-state index in [1.54, 1.807) is 31.2 Å². The summed E-state index contributed by atoms with van der Waals surface area (Å²) in [4.78, 5) is 12.1. The summed E-state index contributed by atoms with van der Waals surface area (Å²) in [5, 5.41) is 12.4. The Bertz CT molecular complexity index is 823. The Kier molecular flexibility index (Phi) is 6.75. The summed E-state index contributed by atoms with van der Waals surface area (Å²) in [7, 11) is 0. The molecule has 0 saturated carbocycles. The lowest BCUT2D eigenvalue weighted by atomic mass is 10.1. The number of benzene rings is 2. The van der Waals surface area contributed by atoms with Gasteiger partial charge in [0.15, 0.2) is 12.7 Å². The van der Waals surface area contributed by atoms with Crippen LogP contribution in [0.1, 0.15) is 23.6 Å². The van der Waals surface area contributed by atoms with E-state index in [-0.39, 0.29) is 12.5 Å². The van der Waals surface area contributed by atoms with Crippen molar-refractivity contribution in [3.05, 3.63) is 59.2 Å². The van der Waals surface area contributed by atoms with E-state index in [4.69, 9.17) is 14.7 Å². The van der Waals surface area contributed by atoms with E-state index in [1.807, 2.05) is 38.1 Å². The van der Waals surface area contributed by atoms with E-state index >= 15 is 0 Å². The fourth-order valence-corrected chi connectivity index (χ4v) is 2.12. The second kappa shape index (κ2) is 9.23. The number of hydrogen-bond acceptors (Lipinski definition) is 5. The average molecular weight is 351 g/mol. The van der Waals surface area contributed by atoms with Crippen LogP contribution in [0.2, 0.25) is 0 Å². The second-order valence-electron chi connectivity index (χ2n) is 5.71. The zero-order valence-electron chi connectivity index (χ0n) is 15.0. The van der Waals surface area contributed by atoms with Gasteiger partial charge in [-0.25, -0.2) is 5.43 Å². The molecule has 26 heavy (non-hydrogen) atoms. The molecule has 2 aromatic carbocycles. The van der Waals surface area contributed by atoms with Crippen LogP contribution in [-0.4, -0.2) is 24.8 Å². The third kappa shape index (κ3) is 5.35. The molecule has 134 valence electrons. The number of rotatable bonds is 7. The van der Waals surface area contributed by atoms with Crippen molar-refractivity contribution in [2.75, 3.05) is 6.61 Å². The van der Waals surface area contributed by atoms with E-state index < -0.39 is 6.10 Å². The first-order chi connectivity index (χ1) is 12.5. The van der Waals surface area contributed by atoms with Crippen LogP contribution in [0.5, 0.6) is 11.5 Å². The molecule has 0 unspecified atom stereocenters. The number of amides is 1. The summed E-state index contributed by atoms with van der Waals surface area (Å²) >= 11 is 0. The van der Waals surface area contributed by atoms with Crippen molar-refractivity contribution in [1.29, 1.82) is 5.26 Å². The van der Waals surface area contributed by atoms with E-state index in [1.165, 1.54) is 6.21 Å². The molecular weight excluding hydrogens is 330 g/mol. The minimum atomic E-state index is -0.672. The van der Waals surface area contributed by atoms with Crippen LogP contribution in [0.25, 0.3) is 0 Å². The Morgan fingerprint density at radius 1 is 1.27 bits per heavy atom. The Morgan fingerprint density at radius 2 is 2.00 bits per heavy atom. The van der Waals surface area contributed by atoms with Gasteiger partial charge in [-0.3, -0.25) is 4.79 Å². The summed E-state index contributed by atoms with van der Waals surface area (Å²) in [6.45, 7) is 5.63. The molecule has 1 N–H and O–H groups in total. The predicted molar refractivity (Wildman–Crippen MR) is 99.3 cm³/mol. The maximum absolute atomic E-state index is 12.1. The van der Waals surface area contributed by atoms with Gasteiger partial charge in [-0.05, 0) is 67.8 Å². The molecule has 0 aliphatic carbocycles. The number of carbonyl (C=O) groups excluding carboxylic acids is 1. The predicted octanol–water partition coefficient (Wildman–Crippen LogP) is 3.12. The van der Waals surface area contributed by atoms with E-state index in [9.17, 15) is 4.79 Å². The topological polar surface area (TPSA) is 83.7 Å². The zero-order chi connectivity index (χ0) is 18.9. The maximum atomic E-state index is 12.1. The lowest BCUT2D eigenvalue weighted by Gasteiger charge is -2.15. The Balaban J connectivity index is 1.88. The number of aryl methyl sites for hydroxylation is 1. The standard InChI is InChI=1S/C20H21N3O3/c1-14-5-4-6-19(15(14)2)26-16(3)20(24)23-22-13-17-7-9-18(10-8-17)25-12-11-21/h4-10,13,16H,12H2,1-3H3,(H,23,24)/b22-13-/t16-/m0/s1. The minimum Gasteiger partial charge on any atom is -0.481 e. The quantitative estimate of drug-likeness (QED) is 0.613. The fourth-order valence-electron chi connectivity index (χ4n) is 2.12. The van der Waals surface area contributed by atoms with E-state index in [2.05, 4.69) is 10.5 Å². The first-order valence-electron chi connectivity index (χ1n) is 8.17. The molecule has 0 aliphatic heterocycles. The molecule has 6 nitrogen and oxygen atoms in total. The summed E-state index contributed by atoms with van der Waals surface area (Å²) in [5.41, 5.74) is 5.37. The molecule has 0 bridgehead atoms. The van der Waals surface area contributed by atoms with Gasteiger partial charge in [-0.15, -0.1) is 0 Å². The van der Waals surface area contributed by atoms with Crippen LogP contribution in [0.3, 0.4) is 0 Å². The second-order valence-corrected chi connectivity index (χ2v) is 5.71. The number of hydrogen-bond donors (Lipinski definition) is 1. The Hall–Kier alpha value is -3.33. The number of nitrogens with one attached hydrogen (secondary N) is 1. The summed E-state index contributed by atoms with van der Waals surface area (Å²) < 4.78 is 10.9. The highest BCUT2D eigenvalue weighted by Crippen LogP contribution is 2.21. The highest BCUT2D eigenvalue weighted by Gasteiger charge is 2.15. The van der Waals surface area contributed by atoms with Gasteiger partial charge in [-0.1, -0.05) is 12.1 Å². The molecule has 1 amide bonds. The first kappa shape index (κ1) is 19.0. The van der Waals surface area contributed by atoms with Gasteiger partial charge in [0.05, 0.1) is 6.21 Å². The van der Waals surface area contributed by atoms with Crippen LogP contribution < -0.4 is 14.9 Å². The lowest BCUT2D eigenvalue weighted by molar-refractivity contribution is -0.127. The summed E-state index contributed by atoms with van der Waals surface area (Å²) in [6.07, 6.45) is 0.853. The normalized spacial score (nSPS) is 11.6. The van der Waals surface area contributed by atoms with Crippen molar-refractivity contribution < 1.29 is 14.3 Å². The molecule has 6 heteroatoms. The Labute approximate surface area is 153 Å². The summed E-state index contributed by atoms with van der Waals surface area (Å²) in [5.74, 6) is 0.948. The molecule has 0 radical (unpaired) electrons. The number of hydrazone groups is 1. The third-order valence-electron chi connectivity index (χ3n) is 3.80. The monoisotopic (exact) mass is 351 g/mol. The van der Waals surface area contributed by atoms with Crippen LogP contribution in [0, 0.1) is 25.2 Å². The molecule has 0 fully saturated rings. The first-order valence-corrected chi connectivity index (χ1v) is 8.17. The molecule has 2 rings (SSSR count). The molecular formula is C20H21N3O3. The molecule has 0 saturated heterocycles. The van der Waals surface area contributed by atoms with Crippen LogP contribution in [0.15, 0.2) is 47.6 Å². The third-order valence-corrected chi connectivity index (χ3v) is 3.80. The molecule has 1 atom stereocenters. The molecule has 0 heterocycles. The summed E-state index contributed by atoms with van der Waals surface area (Å²) in [6, 6.07) is 14.6. The van der Waals surface area contributed by atoms with Crippen molar-refractivity contribution in [1.82, 2.24) is 5.43 Å². The van der Waals surface area contributed by atoms with Crippen molar-refractivity contribution in [2.24, 2.45) is 5.10 Å². The number of nitriles is 1. The van der Waals surface area contributed by atoms with Crippen molar-refractivity contribution in [3.63, 3.8) is 0 Å². The van der Waals surface area contributed by atoms with Gasteiger partial charge in [0.2, 0.25) is 0 Å². The SMILES string of the molecule is Cc1cccc(O[C@@H](C)C(=O)N/N=C\c2ccc(OCC#N)cc2)c1C. The highest BCUT2D eigenvalue weighted by molar-refractivity contribution is 5.84. The molecule has 0 aromatic heterocycles. The van der Waals surface area contributed by atoms with E-state index in [0.29, 0.717) is 11.5 Å². The van der Waals surface area contributed by atoms with Gasteiger partial charge in [0.25, 0.3) is 5.91 Å². The number of ether oxygens (including phenoxy) is 2. The van der Waals surface area contributed by atoms with Crippen LogP contribution in [0.4, 0.5) is 0 Å². The fraction of sp³-hybridized carbons (Fsp3) is 0.250. The minimum absolute atomic E-state index is 0.00178. The Morgan fingerprint density at radius 3 is 2.69 bits per heavy atom. The van der Waals surface area contributed by atoms with Crippen LogP contribution >= 0.6 is 0 Å². The smallest absolute Gasteiger partial charge is 0.280 e. The van der Waals surface area contributed by atoms with Crippen molar-refractivity contribution in [2.45, 2.75) is 26.9 Å². The van der Waals surface area contributed by atoms with Crippen molar-refractivity contribution >= 4 is 12.1 Å². The maximum Gasteiger partial charge on any atom is 0.280 e. The molecule has 2 aromatic rings. The average Bonchev–Trinajstić information content (AvgIpc) is 2.64. The molecule has 0 spiro atoms. The van der Waals surface area contributed by atoms with E-state index in [0.717, 1.165) is 16.7 Å². The highest BCUT2D eigenvalue weighted by atomic mass is 16.5.